The van der Waals surface area contributed by atoms with Gasteiger partial charge in [0.25, 0.3) is 5.56 Å². The first-order valence-electron chi connectivity index (χ1n) is 10.9. The average Bonchev–Trinajstić information content (AvgIpc) is 3.35. The lowest BCUT2D eigenvalue weighted by Gasteiger charge is -2.17. The summed E-state index contributed by atoms with van der Waals surface area (Å²) < 4.78 is 70.2. The fourth-order valence-electron chi connectivity index (χ4n) is 4.22. The summed E-state index contributed by atoms with van der Waals surface area (Å²) in [6, 6.07) is 21.5. The molecule has 0 aliphatic carbocycles. The highest BCUT2D eigenvalue weighted by Gasteiger charge is 2.36. The molecule has 3 nitrogen and oxygen atoms in total. The van der Waals surface area contributed by atoms with Gasteiger partial charge in [0.1, 0.15) is 23.3 Å². The van der Waals surface area contributed by atoms with Crippen molar-refractivity contribution in [3.05, 3.63) is 118 Å². The SMILES string of the molecule is N#Cc1c(C(F)(F)F)cc(-c2ccc(-c3cccc4ccccc34)s2)n(Cc2ccc(F)cc2F)c1=O. The first kappa shape index (κ1) is 24.4. The number of halogens is 5. The van der Waals surface area contributed by atoms with Crippen LogP contribution >= 0.6 is 11.3 Å². The van der Waals surface area contributed by atoms with Crippen LogP contribution in [0.2, 0.25) is 0 Å². The molecule has 0 fully saturated rings. The lowest BCUT2D eigenvalue weighted by atomic mass is 10.0. The number of nitriles is 1. The molecule has 0 saturated heterocycles. The summed E-state index contributed by atoms with van der Waals surface area (Å²) in [7, 11) is 0. The maximum Gasteiger partial charge on any atom is 0.417 e. The van der Waals surface area contributed by atoms with Gasteiger partial charge in [-0.25, -0.2) is 8.78 Å². The van der Waals surface area contributed by atoms with Gasteiger partial charge in [-0.15, -0.1) is 11.3 Å². The molecule has 184 valence electrons. The Labute approximate surface area is 211 Å². The maximum absolute atomic E-state index is 14.4. The first-order chi connectivity index (χ1) is 17.7. The zero-order valence-electron chi connectivity index (χ0n) is 18.8. The largest absolute Gasteiger partial charge is 0.417 e. The lowest BCUT2D eigenvalue weighted by Crippen LogP contribution is -2.28. The van der Waals surface area contributed by atoms with Crippen molar-refractivity contribution in [1.29, 1.82) is 5.26 Å². The molecule has 0 radical (unpaired) electrons. The number of hydrogen-bond donors (Lipinski definition) is 0. The fourth-order valence-corrected chi connectivity index (χ4v) is 5.29. The number of rotatable bonds is 4. The monoisotopic (exact) mass is 522 g/mol. The van der Waals surface area contributed by atoms with Crippen LogP contribution in [0.25, 0.3) is 31.8 Å². The Kier molecular flexibility index (Phi) is 6.13. The number of aromatic nitrogens is 1. The van der Waals surface area contributed by atoms with Crippen LogP contribution < -0.4 is 5.56 Å². The molecule has 0 saturated carbocycles. The molecule has 2 heterocycles. The van der Waals surface area contributed by atoms with E-state index in [1.54, 1.807) is 12.1 Å². The van der Waals surface area contributed by atoms with E-state index in [0.717, 1.165) is 55.3 Å². The number of nitrogens with zero attached hydrogens (tertiary/aromatic N) is 2. The molecule has 37 heavy (non-hydrogen) atoms. The van der Waals surface area contributed by atoms with Crippen LogP contribution in [-0.4, -0.2) is 4.57 Å². The van der Waals surface area contributed by atoms with Crippen LogP contribution in [0, 0.1) is 23.0 Å². The molecule has 0 aliphatic rings. The molecule has 0 bridgehead atoms. The van der Waals surface area contributed by atoms with E-state index in [1.807, 2.05) is 42.5 Å². The van der Waals surface area contributed by atoms with Crippen molar-refractivity contribution < 1.29 is 22.0 Å². The molecule has 2 aromatic heterocycles. The van der Waals surface area contributed by atoms with E-state index in [1.165, 1.54) is 6.07 Å². The number of fused-ring (bicyclic) bond motifs is 1. The van der Waals surface area contributed by atoms with E-state index in [2.05, 4.69) is 0 Å². The Morgan fingerprint density at radius 2 is 1.62 bits per heavy atom. The molecule has 0 amide bonds. The quantitative estimate of drug-likeness (QED) is 0.228. The normalized spacial score (nSPS) is 11.6. The van der Waals surface area contributed by atoms with Gasteiger partial charge in [0.15, 0.2) is 0 Å². The second-order valence-electron chi connectivity index (χ2n) is 8.25. The van der Waals surface area contributed by atoms with Crippen molar-refractivity contribution in [2.75, 3.05) is 0 Å². The van der Waals surface area contributed by atoms with Gasteiger partial charge in [0, 0.05) is 16.5 Å². The van der Waals surface area contributed by atoms with E-state index >= 15 is 0 Å². The van der Waals surface area contributed by atoms with Crippen molar-refractivity contribution >= 4 is 22.1 Å². The highest BCUT2D eigenvalue weighted by Crippen LogP contribution is 2.40. The third kappa shape index (κ3) is 4.52. The zero-order valence-corrected chi connectivity index (χ0v) is 19.6. The average molecular weight is 522 g/mol. The van der Waals surface area contributed by atoms with E-state index in [4.69, 9.17) is 0 Å². The van der Waals surface area contributed by atoms with Gasteiger partial charge < -0.3 is 4.57 Å². The van der Waals surface area contributed by atoms with E-state index in [-0.39, 0.29) is 11.3 Å². The molecule has 0 spiro atoms. The standard InChI is InChI=1S/C28H15F5N2OS/c29-18-9-8-17(23(30)12-18)15-35-24(13-22(28(31,32)33)21(14-34)27(35)36)26-11-10-25(37-26)20-7-3-5-16-4-1-2-6-19(16)20/h1-13H,15H2. The van der Waals surface area contributed by atoms with Gasteiger partial charge in [-0.1, -0.05) is 48.5 Å². The van der Waals surface area contributed by atoms with E-state index in [0.29, 0.717) is 10.9 Å². The minimum absolute atomic E-state index is 0.112. The van der Waals surface area contributed by atoms with Crippen LogP contribution in [0.1, 0.15) is 16.7 Å². The third-order valence-electron chi connectivity index (χ3n) is 5.97. The third-order valence-corrected chi connectivity index (χ3v) is 7.12. The van der Waals surface area contributed by atoms with Gasteiger partial charge in [-0.05, 0) is 40.6 Å². The summed E-state index contributed by atoms with van der Waals surface area (Å²) in [5, 5.41) is 11.3. The molecule has 5 aromatic rings. The molecular weight excluding hydrogens is 507 g/mol. The molecule has 3 aromatic carbocycles. The smallest absolute Gasteiger partial charge is 0.302 e. The van der Waals surface area contributed by atoms with Crippen LogP contribution in [0.5, 0.6) is 0 Å². The lowest BCUT2D eigenvalue weighted by molar-refractivity contribution is -0.137. The number of thiophene rings is 1. The van der Waals surface area contributed by atoms with Gasteiger partial charge in [0.05, 0.1) is 22.7 Å². The highest BCUT2D eigenvalue weighted by atomic mass is 32.1. The molecular formula is C28H15F5N2OS. The predicted molar refractivity (Wildman–Crippen MR) is 132 cm³/mol. The van der Waals surface area contributed by atoms with E-state index in [9.17, 15) is 32.0 Å². The molecule has 0 unspecified atom stereocenters. The fraction of sp³-hybridized carbons (Fsp3) is 0.0714. The van der Waals surface area contributed by atoms with Crippen LogP contribution in [0.15, 0.2) is 83.7 Å². The second-order valence-corrected chi connectivity index (χ2v) is 9.33. The summed E-state index contributed by atoms with van der Waals surface area (Å²) >= 11 is 1.16. The number of hydrogen-bond acceptors (Lipinski definition) is 3. The Morgan fingerprint density at radius 3 is 2.35 bits per heavy atom. The predicted octanol–water partition coefficient (Wildman–Crippen LogP) is 7.61. The minimum atomic E-state index is -4.96. The minimum Gasteiger partial charge on any atom is -0.302 e. The van der Waals surface area contributed by atoms with Crippen molar-refractivity contribution in [2.24, 2.45) is 0 Å². The van der Waals surface area contributed by atoms with Gasteiger partial charge in [0.2, 0.25) is 0 Å². The van der Waals surface area contributed by atoms with Crippen molar-refractivity contribution in [3.63, 3.8) is 0 Å². The topological polar surface area (TPSA) is 45.8 Å². The van der Waals surface area contributed by atoms with Crippen LogP contribution in [-0.2, 0) is 12.7 Å². The first-order valence-corrected chi connectivity index (χ1v) is 11.8. The molecule has 0 N–H and O–H groups in total. The zero-order chi connectivity index (χ0) is 26.3. The second kappa shape index (κ2) is 9.30. The van der Waals surface area contributed by atoms with Crippen molar-refractivity contribution in [1.82, 2.24) is 4.57 Å². The van der Waals surface area contributed by atoms with Gasteiger partial charge in [-0.2, -0.15) is 18.4 Å². The van der Waals surface area contributed by atoms with Crippen molar-refractivity contribution in [2.45, 2.75) is 12.7 Å². The molecule has 5 rings (SSSR count). The van der Waals surface area contributed by atoms with Gasteiger partial charge >= 0.3 is 6.18 Å². The van der Waals surface area contributed by atoms with E-state index < -0.39 is 41.0 Å². The van der Waals surface area contributed by atoms with Crippen LogP contribution in [0.3, 0.4) is 0 Å². The maximum atomic E-state index is 14.4. The highest BCUT2D eigenvalue weighted by molar-refractivity contribution is 7.18. The molecule has 9 heteroatoms. The van der Waals surface area contributed by atoms with Gasteiger partial charge in [-0.3, -0.25) is 4.79 Å². The Bertz CT molecular complexity index is 1760. The summed E-state index contributed by atoms with van der Waals surface area (Å²) in [5.41, 5.74) is -3.06. The number of benzene rings is 3. The summed E-state index contributed by atoms with van der Waals surface area (Å²) in [4.78, 5) is 14.2. The van der Waals surface area contributed by atoms with Crippen molar-refractivity contribution in [3.8, 4) is 27.1 Å². The van der Waals surface area contributed by atoms with Crippen LogP contribution in [0.4, 0.5) is 22.0 Å². The Hall–Kier alpha value is -4.29. The summed E-state index contributed by atoms with van der Waals surface area (Å²) in [6.07, 6.45) is -4.96. The Balaban J connectivity index is 1.73. The Morgan fingerprint density at radius 1 is 0.892 bits per heavy atom. The summed E-state index contributed by atoms with van der Waals surface area (Å²) in [5.74, 6) is -1.80. The molecule has 0 aliphatic heterocycles. The number of pyridine rings is 1. The summed E-state index contributed by atoms with van der Waals surface area (Å²) in [6.45, 7) is -0.491. The number of alkyl halides is 3. The molecule has 0 atom stereocenters.